The Balaban J connectivity index is 1.80. The first-order chi connectivity index (χ1) is 12.8. The Morgan fingerprint density at radius 3 is 2.67 bits per heavy atom. The SMILES string of the molecule is COc1ccc(N2CC(C)C[N+]3=C2N=C2C3C(=O)N(C)C(=O)N2C)cc1Cl. The summed E-state index contributed by atoms with van der Waals surface area (Å²) in [6.45, 7) is 3.55. The normalized spacial score (nSPS) is 24.9. The molecule has 0 radical (unpaired) electrons. The number of benzene rings is 1. The standard InChI is InChI=1S/C18H21ClN5O3/c1-10-8-23(11-5-6-13(27-4)12(19)7-11)17-20-15-14(24(17)9-10)16(25)22(3)18(26)21(15)2/h5-7,10,14H,8-9H2,1-4H3/q+1. The van der Waals surface area contributed by atoms with E-state index in [0.717, 1.165) is 17.1 Å². The van der Waals surface area contributed by atoms with Crippen LogP contribution in [0.25, 0.3) is 0 Å². The number of methoxy groups -OCH3 is 1. The largest absolute Gasteiger partial charge is 0.495 e. The van der Waals surface area contributed by atoms with Gasteiger partial charge in [0.15, 0.2) is 0 Å². The smallest absolute Gasteiger partial charge is 0.397 e. The zero-order valence-corrected chi connectivity index (χ0v) is 16.4. The van der Waals surface area contributed by atoms with Crippen LogP contribution in [0.2, 0.25) is 5.02 Å². The molecule has 0 aromatic heterocycles. The number of likely N-dealkylation sites (N-methyl/N-ethyl adjacent to an activating group) is 2. The summed E-state index contributed by atoms with van der Waals surface area (Å²) < 4.78 is 7.21. The Morgan fingerprint density at radius 1 is 1.26 bits per heavy atom. The minimum atomic E-state index is -0.577. The van der Waals surface area contributed by atoms with Gasteiger partial charge in [-0.2, -0.15) is 0 Å². The van der Waals surface area contributed by atoms with Crippen molar-refractivity contribution in [3.63, 3.8) is 0 Å². The average Bonchev–Trinajstić information content (AvgIpc) is 3.03. The van der Waals surface area contributed by atoms with Crippen molar-refractivity contribution in [1.29, 1.82) is 0 Å². The lowest BCUT2D eigenvalue weighted by Gasteiger charge is -2.33. The maximum absolute atomic E-state index is 12.8. The third-order valence-electron chi connectivity index (χ3n) is 5.20. The summed E-state index contributed by atoms with van der Waals surface area (Å²) in [5.74, 6) is 1.77. The van der Waals surface area contributed by atoms with Crippen molar-refractivity contribution in [2.24, 2.45) is 10.9 Å². The summed E-state index contributed by atoms with van der Waals surface area (Å²) in [6, 6.07) is 4.60. The number of hydrogen-bond acceptors (Lipinski definition) is 5. The molecule has 9 heteroatoms. The van der Waals surface area contributed by atoms with Gasteiger partial charge in [-0.15, -0.1) is 0 Å². The number of guanidine groups is 1. The number of amidine groups is 1. The fourth-order valence-corrected chi connectivity index (χ4v) is 4.07. The van der Waals surface area contributed by atoms with Crippen molar-refractivity contribution in [3.8, 4) is 5.75 Å². The van der Waals surface area contributed by atoms with Crippen LogP contribution in [0.4, 0.5) is 10.5 Å². The van der Waals surface area contributed by atoms with Gasteiger partial charge < -0.3 is 4.74 Å². The number of fused-ring (bicyclic) bond motifs is 2. The van der Waals surface area contributed by atoms with E-state index in [-0.39, 0.29) is 11.9 Å². The number of imide groups is 1. The molecule has 142 valence electrons. The molecule has 3 aliphatic heterocycles. The molecule has 1 fully saturated rings. The van der Waals surface area contributed by atoms with E-state index in [0.29, 0.717) is 35.0 Å². The Labute approximate surface area is 162 Å². The highest BCUT2D eigenvalue weighted by molar-refractivity contribution is 6.32. The van der Waals surface area contributed by atoms with Crippen LogP contribution in [-0.2, 0) is 4.79 Å². The van der Waals surface area contributed by atoms with Crippen LogP contribution in [0.3, 0.4) is 0 Å². The minimum absolute atomic E-state index is 0.256. The first-order valence-electron chi connectivity index (χ1n) is 8.72. The number of hydrogen-bond donors (Lipinski definition) is 0. The Bertz CT molecular complexity index is 912. The molecule has 0 N–H and O–H groups in total. The van der Waals surface area contributed by atoms with Crippen LogP contribution in [0.5, 0.6) is 5.75 Å². The van der Waals surface area contributed by atoms with Crippen LogP contribution in [0, 0.1) is 5.92 Å². The second-order valence-corrected chi connectivity index (χ2v) is 7.51. The summed E-state index contributed by atoms with van der Waals surface area (Å²) in [7, 11) is 4.72. The highest BCUT2D eigenvalue weighted by Crippen LogP contribution is 2.32. The molecule has 1 aromatic rings. The number of ether oxygens (including phenoxy) is 1. The van der Waals surface area contributed by atoms with Crippen molar-refractivity contribution >= 4 is 41.0 Å². The van der Waals surface area contributed by atoms with E-state index in [1.54, 1.807) is 14.2 Å². The summed E-state index contributed by atoms with van der Waals surface area (Å²) >= 11 is 6.31. The lowest BCUT2D eigenvalue weighted by atomic mass is 10.1. The fraction of sp³-hybridized carbons (Fsp3) is 0.444. The molecule has 2 unspecified atom stereocenters. The van der Waals surface area contributed by atoms with E-state index < -0.39 is 6.04 Å². The molecule has 27 heavy (non-hydrogen) atoms. The zero-order chi connectivity index (χ0) is 19.5. The van der Waals surface area contributed by atoms with E-state index in [2.05, 4.69) is 11.9 Å². The molecule has 1 aromatic carbocycles. The number of anilines is 1. The van der Waals surface area contributed by atoms with Crippen LogP contribution >= 0.6 is 11.6 Å². The maximum Gasteiger partial charge on any atom is 0.397 e. The van der Waals surface area contributed by atoms with Crippen molar-refractivity contribution in [2.75, 3.05) is 39.2 Å². The van der Waals surface area contributed by atoms with Gasteiger partial charge in [0.25, 0.3) is 5.91 Å². The summed E-state index contributed by atoms with van der Waals surface area (Å²) in [5.41, 5.74) is 0.866. The number of carbonyl (C=O) groups excluding carboxylic acids is 2. The number of carbonyl (C=O) groups is 2. The van der Waals surface area contributed by atoms with E-state index >= 15 is 0 Å². The molecular formula is C18H21ClN5O3+. The van der Waals surface area contributed by atoms with Crippen LogP contribution in [0.15, 0.2) is 23.2 Å². The molecule has 0 aliphatic carbocycles. The first-order valence-corrected chi connectivity index (χ1v) is 9.09. The number of urea groups is 1. The van der Waals surface area contributed by atoms with Crippen molar-refractivity contribution in [2.45, 2.75) is 13.0 Å². The van der Waals surface area contributed by atoms with Crippen molar-refractivity contribution in [3.05, 3.63) is 23.2 Å². The van der Waals surface area contributed by atoms with Gasteiger partial charge in [0.05, 0.1) is 25.2 Å². The molecule has 0 bridgehead atoms. The van der Waals surface area contributed by atoms with E-state index in [1.165, 1.54) is 11.9 Å². The van der Waals surface area contributed by atoms with Crippen LogP contribution in [0.1, 0.15) is 6.92 Å². The summed E-state index contributed by atoms with van der Waals surface area (Å²) in [4.78, 5) is 34.4. The van der Waals surface area contributed by atoms with E-state index in [4.69, 9.17) is 16.3 Å². The summed E-state index contributed by atoms with van der Waals surface area (Å²) in [5, 5.41) is 0.506. The molecule has 3 aliphatic rings. The predicted molar refractivity (Wildman–Crippen MR) is 102 cm³/mol. The predicted octanol–water partition coefficient (Wildman–Crippen LogP) is 1.48. The number of amides is 3. The molecule has 1 saturated heterocycles. The Morgan fingerprint density at radius 2 is 2.00 bits per heavy atom. The lowest BCUT2D eigenvalue weighted by Crippen LogP contribution is -2.62. The molecule has 3 heterocycles. The molecule has 8 nitrogen and oxygen atoms in total. The molecular weight excluding hydrogens is 370 g/mol. The van der Waals surface area contributed by atoms with Gasteiger partial charge in [-0.05, 0) is 18.2 Å². The minimum Gasteiger partial charge on any atom is -0.495 e. The van der Waals surface area contributed by atoms with Gasteiger partial charge in [-0.3, -0.25) is 14.6 Å². The number of aliphatic imine (C=N–C) groups is 1. The molecule has 2 atom stereocenters. The number of nitrogens with zero attached hydrogens (tertiary/aromatic N) is 5. The van der Waals surface area contributed by atoms with Gasteiger partial charge >= 0.3 is 12.0 Å². The second-order valence-electron chi connectivity index (χ2n) is 7.10. The lowest BCUT2D eigenvalue weighted by molar-refractivity contribution is -0.545. The highest BCUT2D eigenvalue weighted by atomic mass is 35.5. The van der Waals surface area contributed by atoms with Gasteiger partial charge in [0.2, 0.25) is 11.9 Å². The van der Waals surface area contributed by atoms with E-state index in [1.807, 2.05) is 27.7 Å². The average molecular weight is 391 g/mol. The second kappa shape index (κ2) is 6.23. The summed E-state index contributed by atoms with van der Waals surface area (Å²) in [6.07, 6.45) is 0. The van der Waals surface area contributed by atoms with Gasteiger partial charge in [-0.25, -0.2) is 14.3 Å². The number of halogens is 1. The topological polar surface area (TPSA) is 68.5 Å². The van der Waals surface area contributed by atoms with Crippen molar-refractivity contribution in [1.82, 2.24) is 9.80 Å². The monoisotopic (exact) mass is 390 g/mol. The maximum atomic E-state index is 12.8. The van der Waals surface area contributed by atoms with Gasteiger partial charge in [0.1, 0.15) is 11.4 Å². The van der Waals surface area contributed by atoms with Crippen LogP contribution < -0.4 is 9.64 Å². The van der Waals surface area contributed by atoms with Gasteiger partial charge in [-0.1, -0.05) is 23.5 Å². The third kappa shape index (κ3) is 2.58. The third-order valence-corrected chi connectivity index (χ3v) is 5.50. The quantitative estimate of drug-likeness (QED) is 0.717. The molecule has 0 saturated carbocycles. The molecule has 3 amide bonds. The highest BCUT2D eigenvalue weighted by Gasteiger charge is 2.54. The Kier molecular flexibility index (Phi) is 4.10. The molecule has 4 rings (SSSR count). The fourth-order valence-electron chi connectivity index (χ4n) is 3.82. The Hall–Kier alpha value is -2.61. The van der Waals surface area contributed by atoms with E-state index in [9.17, 15) is 9.59 Å². The van der Waals surface area contributed by atoms with Crippen molar-refractivity contribution < 1.29 is 18.9 Å². The van der Waals surface area contributed by atoms with Crippen LogP contribution in [-0.4, -0.2) is 78.4 Å². The van der Waals surface area contributed by atoms with Gasteiger partial charge in [0, 0.05) is 20.0 Å². The number of rotatable bonds is 2. The first kappa shape index (κ1) is 17.8. The molecule has 0 spiro atoms. The zero-order valence-electron chi connectivity index (χ0n) is 15.6.